The zero-order chi connectivity index (χ0) is 24.5. The highest BCUT2D eigenvalue weighted by molar-refractivity contribution is 6.08. The second-order valence-corrected chi connectivity index (χ2v) is 8.02. The Kier molecular flexibility index (Phi) is 8.98. The number of methoxy groups -OCH3 is 2. The fourth-order valence-electron chi connectivity index (χ4n) is 3.76. The number of ether oxygens (including phenoxy) is 2. The first-order valence-corrected chi connectivity index (χ1v) is 11.6. The molecule has 3 aromatic rings. The van der Waals surface area contributed by atoms with E-state index < -0.39 is 0 Å². The number of fused-ring (bicyclic) bond motifs is 1. The maximum atomic E-state index is 12.8. The Morgan fingerprint density at radius 2 is 1.85 bits per heavy atom. The van der Waals surface area contributed by atoms with E-state index in [9.17, 15) is 4.79 Å². The normalized spacial score (nSPS) is 11.9. The van der Waals surface area contributed by atoms with Crippen LogP contribution in [0.2, 0.25) is 0 Å². The second kappa shape index (κ2) is 12.1. The summed E-state index contributed by atoms with van der Waals surface area (Å²) in [6.07, 6.45) is 5.20. The maximum absolute atomic E-state index is 12.8. The SMILES string of the molecule is CCN(CC)CCCC(C)Nc1cnc(C(=O)Nc2ccc(OC)c3ccc(OC)nc23)cn1. The predicted molar refractivity (Wildman–Crippen MR) is 135 cm³/mol. The molecule has 0 aliphatic rings. The Morgan fingerprint density at radius 1 is 1.06 bits per heavy atom. The summed E-state index contributed by atoms with van der Waals surface area (Å²) in [6.45, 7) is 9.73. The molecule has 0 spiro atoms. The molecule has 34 heavy (non-hydrogen) atoms. The van der Waals surface area contributed by atoms with Crippen molar-refractivity contribution in [2.45, 2.75) is 39.7 Å². The number of nitrogens with zero attached hydrogens (tertiary/aromatic N) is 4. The van der Waals surface area contributed by atoms with Gasteiger partial charge in [0.2, 0.25) is 5.88 Å². The molecule has 0 saturated carbocycles. The molecule has 2 heterocycles. The van der Waals surface area contributed by atoms with E-state index in [0.29, 0.717) is 28.7 Å². The van der Waals surface area contributed by atoms with Crippen molar-refractivity contribution < 1.29 is 14.3 Å². The number of hydrogen-bond donors (Lipinski definition) is 2. The maximum Gasteiger partial charge on any atom is 0.275 e. The summed E-state index contributed by atoms with van der Waals surface area (Å²) in [5.41, 5.74) is 1.31. The van der Waals surface area contributed by atoms with Gasteiger partial charge in [-0.2, -0.15) is 0 Å². The molecule has 1 amide bonds. The van der Waals surface area contributed by atoms with Gasteiger partial charge >= 0.3 is 0 Å². The summed E-state index contributed by atoms with van der Waals surface area (Å²) in [7, 11) is 3.14. The number of amides is 1. The predicted octanol–water partition coefficient (Wildman–Crippen LogP) is 4.22. The van der Waals surface area contributed by atoms with Gasteiger partial charge in [0.15, 0.2) is 0 Å². The van der Waals surface area contributed by atoms with Crippen molar-refractivity contribution in [2.24, 2.45) is 0 Å². The quantitative estimate of drug-likeness (QED) is 0.409. The molecule has 0 aliphatic heterocycles. The molecule has 1 unspecified atom stereocenters. The van der Waals surface area contributed by atoms with Gasteiger partial charge in [0.05, 0.1) is 32.3 Å². The van der Waals surface area contributed by atoms with Crippen molar-refractivity contribution in [3.05, 3.63) is 42.4 Å². The summed E-state index contributed by atoms with van der Waals surface area (Å²) in [5, 5.41) is 6.99. The first-order valence-electron chi connectivity index (χ1n) is 11.6. The van der Waals surface area contributed by atoms with Crippen molar-refractivity contribution in [1.29, 1.82) is 0 Å². The summed E-state index contributed by atoms with van der Waals surface area (Å²) in [4.78, 5) is 28.4. The number of aromatic nitrogens is 3. The molecule has 2 N–H and O–H groups in total. The zero-order valence-electron chi connectivity index (χ0n) is 20.6. The lowest BCUT2D eigenvalue weighted by atomic mass is 10.1. The van der Waals surface area contributed by atoms with Gasteiger partial charge < -0.3 is 25.0 Å². The fraction of sp³-hybridized carbons (Fsp3) is 0.440. The average molecular weight is 467 g/mol. The highest BCUT2D eigenvalue weighted by Gasteiger charge is 2.15. The topological polar surface area (TPSA) is 102 Å². The van der Waals surface area contributed by atoms with E-state index in [1.165, 1.54) is 6.20 Å². The molecule has 1 atom stereocenters. The molecule has 182 valence electrons. The van der Waals surface area contributed by atoms with E-state index >= 15 is 0 Å². The van der Waals surface area contributed by atoms with Gasteiger partial charge in [-0.05, 0) is 57.6 Å². The molecule has 9 nitrogen and oxygen atoms in total. The molecule has 0 radical (unpaired) electrons. The Balaban J connectivity index is 1.64. The molecule has 0 saturated heterocycles. The smallest absolute Gasteiger partial charge is 0.275 e. The van der Waals surface area contributed by atoms with E-state index in [0.717, 1.165) is 37.9 Å². The zero-order valence-corrected chi connectivity index (χ0v) is 20.6. The van der Waals surface area contributed by atoms with E-state index in [4.69, 9.17) is 9.47 Å². The van der Waals surface area contributed by atoms with E-state index in [2.05, 4.69) is 51.3 Å². The Morgan fingerprint density at radius 3 is 2.50 bits per heavy atom. The summed E-state index contributed by atoms with van der Waals surface area (Å²) >= 11 is 0. The monoisotopic (exact) mass is 466 g/mol. The number of nitrogens with one attached hydrogen (secondary N) is 2. The number of pyridine rings is 1. The molecule has 3 rings (SSSR count). The molecular formula is C25H34N6O3. The van der Waals surface area contributed by atoms with E-state index in [1.807, 2.05) is 6.07 Å². The van der Waals surface area contributed by atoms with Crippen molar-refractivity contribution in [2.75, 3.05) is 44.5 Å². The lowest BCUT2D eigenvalue weighted by Gasteiger charge is -2.20. The number of carbonyl (C=O) groups is 1. The number of rotatable bonds is 12. The molecule has 2 aromatic heterocycles. The third kappa shape index (κ3) is 6.32. The van der Waals surface area contributed by atoms with Crippen LogP contribution in [0.25, 0.3) is 10.9 Å². The Bertz CT molecular complexity index is 1090. The molecular weight excluding hydrogens is 432 g/mol. The minimum absolute atomic E-state index is 0.214. The van der Waals surface area contributed by atoms with Crippen molar-refractivity contribution >= 4 is 28.3 Å². The van der Waals surface area contributed by atoms with Gasteiger partial charge in [-0.15, -0.1) is 0 Å². The number of anilines is 2. The first-order chi connectivity index (χ1) is 16.5. The molecule has 0 bridgehead atoms. The Labute approximate surface area is 200 Å². The molecule has 1 aromatic carbocycles. The summed E-state index contributed by atoms with van der Waals surface area (Å²) in [6, 6.07) is 7.38. The van der Waals surface area contributed by atoms with E-state index in [-0.39, 0.29) is 17.6 Å². The number of carbonyl (C=O) groups excluding carboxylic acids is 1. The highest BCUT2D eigenvalue weighted by Crippen LogP contribution is 2.32. The van der Waals surface area contributed by atoms with Crippen LogP contribution in [-0.2, 0) is 0 Å². The van der Waals surface area contributed by atoms with Gasteiger partial charge in [-0.25, -0.2) is 15.0 Å². The van der Waals surface area contributed by atoms with Crippen molar-refractivity contribution in [3.8, 4) is 11.6 Å². The largest absolute Gasteiger partial charge is 0.496 e. The molecule has 0 fully saturated rings. The number of hydrogen-bond acceptors (Lipinski definition) is 8. The lowest BCUT2D eigenvalue weighted by molar-refractivity contribution is 0.102. The highest BCUT2D eigenvalue weighted by atomic mass is 16.5. The van der Waals surface area contributed by atoms with Crippen LogP contribution in [0.3, 0.4) is 0 Å². The van der Waals surface area contributed by atoms with Crippen LogP contribution in [0.4, 0.5) is 11.5 Å². The third-order valence-corrected chi connectivity index (χ3v) is 5.75. The van der Waals surface area contributed by atoms with Crippen LogP contribution in [0.15, 0.2) is 36.7 Å². The van der Waals surface area contributed by atoms with Crippen molar-refractivity contribution in [1.82, 2.24) is 19.9 Å². The average Bonchev–Trinajstić information content (AvgIpc) is 2.87. The van der Waals surface area contributed by atoms with Crippen LogP contribution in [0.5, 0.6) is 11.6 Å². The lowest BCUT2D eigenvalue weighted by Crippen LogP contribution is -2.25. The van der Waals surface area contributed by atoms with Crippen LogP contribution >= 0.6 is 0 Å². The summed E-state index contributed by atoms with van der Waals surface area (Å²) < 4.78 is 10.6. The number of benzene rings is 1. The van der Waals surface area contributed by atoms with Gasteiger partial charge in [0.1, 0.15) is 22.8 Å². The fourth-order valence-corrected chi connectivity index (χ4v) is 3.76. The first kappa shape index (κ1) is 25.2. The van der Waals surface area contributed by atoms with Crippen LogP contribution in [0.1, 0.15) is 44.1 Å². The molecule has 0 aliphatic carbocycles. The van der Waals surface area contributed by atoms with Gasteiger partial charge in [-0.1, -0.05) is 13.8 Å². The van der Waals surface area contributed by atoms with Crippen LogP contribution < -0.4 is 20.1 Å². The minimum atomic E-state index is -0.373. The van der Waals surface area contributed by atoms with Gasteiger partial charge in [0, 0.05) is 17.5 Å². The van der Waals surface area contributed by atoms with Gasteiger partial charge in [0.25, 0.3) is 5.91 Å². The second-order valence-electron chi connectivity index (χ2n) is 8.02. The third-order valence-electron chi connectivity index (χ3n) is 5.75. The minimum Gasteiger partial charge on any atom is -0.496 e. The van der Waals surface area contributed by atoms with Crippen LogP contribution in [-0.4, -0.2) is 65.7 Å². The molecule has 9 heteroatoms. The van der Waals surface area contributed by atoms with Crippen molar-refractivity contribution in [3.63, 3.8) is 0 Å². The van der Waals surface area contributed by atoms with Gasteiger partial charge in [-0.3, -0.25) is 4.79 Å². The summed E-state index contributed by atoms with van der Waals surface area (Å²) in [5.74, 6) is 1.37. The Hall–Kier alpha value is -3.46. The van der Waals surface area contributed by atoms with E-state index in [1.54, 1.807) is 38.6 Å². The standard InChI is InChI=1S/C25H34N6O3/c1-6-31(7-2)14-8-9-17(3)28-22-16-26-20(15-27-22)25(32)29-19-11-12-21(33-4)18-10-13-23(34-5)30-24(18)19/h10-13,15-17H,6-9,14H2,1-5H3,(H,27,28)(H,29,32). The van der Waals surface area contributed by atoms with Crippen LogP contribution in [0, 0.1) is 0 Å².